The Morgan fingerprint density at radius 1 is 1.15 bits per heavy atom. The van der Waals surface area contributed by atoms with Gasteiger partial charge < -0.3 is 10.1 Å². The third kappa shape index (κ3) is 3.76. The summed E-state index contributed by atoms with van der Waals surface area (Å²) in [5.41, 5.74) is 4.23. The molecule has 5 nitrogen and oxygen atoms in total. The molecule has 2 N–H and O–H groups in total. The second-order valence-corrected chi connectivity index (χ2v) is 7.58. The van der Waals surface area contributed by atoms with E-state index in [9.17, 15) is 9.90 Å². The standard InChI is InChI=1S/C20H19Cl2N3O2/c21-13-1-4-15(5-2-13)25(20(26)27)10-9-24-8-7-16-17-11-14(22)3-6-18(17)23-19(16)12-24/h1-6,11,23H,7-10,12H2,(H,26,27). The molecule has 7 heteroatoms. The number of halogens is 2. The predicted molar refractivity (Wildman–Crippen MR) is 109 cm³/mol. The fourth-order valence-corrected chi connectivity index (χ4v) is 3.96. The molecule has 1 aromatic heterocycles. The molecular formula is C20H19Cl2N3O2. The first-order valence-electron chi connectivity index (χ1n) is 8.78. The Kier molecular flexibility index (Phi) is 5.00. The number of carboxylic acid groups (broad SMARTS) is 1. The number of rotatable bonds is 4. The molecule has 140 valence electrons. The summed E-state index contributed by atoms with van der Waals surface area (Å²) in [5, 5.41) is 12.1. The molecule has 1 aliphatic rings. The van der Waals surface area contributed by atoms with E-state index >= 15 is 0 Å². The van der Waals surface area contributed by atoms with Gasteiger partial charge in [0.2, 0.25) is 0 Å². The normalized spacial score (nSPS) is 14.3. The van der Waals surface area contributed by atoms with E-state index in [1.54, 1.807) is 24.3 Å². The number of amides is 1. The minimum atomic E-state index is -0.963. The molecule has 2 aromatic carbocycles. The van der Waals surface area contributed by atoms with E-state index < -0.39 is 6.09 Å². The van der Waals surface area contributed by atoms with Gasteiger partial charge in [0.25, 0.3) is 0 Å². The molecule has 0 radical (unpaired) electrons. The molecule has 0 spiro atoms. The van der Waals surface area contributed by atoms with Crippen molar-refractivity contribution >= 4 is 45.9 Å². The molecule has 0 atom stereocenters. The van der Waals surface area contributed by atoms with Crippen molar-refractivity contribution in [1.29, 1.82) is 0 Å². The maximum atomic E-state index is 11.7. The van der Waals surface area contributed by atoms with E-state index in [2.05, 4.69) is 9.88 Å². The lowest BCUT2D eigenvalue weighted by Crippen LogP contribution is -2.40. The van der Waals surface area contributed by atoms with Crippen LogP contribution >= 0.6 is 23.2 Å². The maximum absolute atomic E-state index is 11.7. The molecule has 4 rings (SSSR count). The zero-order valence-electron chi connectivity index (χ0n) is 14.6. The first-order valence-corrected chi connectivity index (χ1v) is 9.54. The monoisotopic (exact) mass is 403 g/mol. The molecule has 0 unspecified atom stereocenters. The summed E-state index contributed by atoms with van der Waals surface area (Å²) in [5.74, 6) is 0. The minimum Gasteiger partial charge on any atom is -0.465 e. The van der Waals surface area contributed by atoms with Crippen LogP contribution in [0.3, 0.4) is 0 Å². The number of fused-ring (bicyclic) bond motifs is 3. The van der Waals surface area contributed by atoms with Gasteiger partial charge in [-0.15, -0.1) is 0 Å². The van der Waals surface area contributed by atoms with Crippen LogP contribution in [0.1, 0.15) is 11.3 Å². The number of benzene rings is 2. The predicted octanol–water partition coefficient (Wildman–Crippen LogP) is 5.02. The third-order valence-electron chi connectivity index (χ3n) is 5.03. The van der Waals surface area contributed by atoms with Gasteiger partial charge in [0, 0.05) is 58.5 Å². The highest BCUT2D eigenvalue weighted by Gasteiger charge is 2.22. The fraction of sp³-hybridized carbons (Fsp3) is 0.250. The maximum Gasteiger partial charge on any atom is 0.411 e. The number of hydrogen-bond acceptors (Lipinski definition) is 2. The van der Waals surface area contributed by atoms with Crippen molar-refractivity contribution in [3.8, 4) is 0 Å². The zero-order chi connectivity index (χ0) is 19.0. The molecule has 0 saturated carbocycles. The molecular weight excluding hydrogens is 385 g/mol. The van der Waals surface area contributed by atoms with E-state index in [0.717, 1.165) is 30.0 Å². The molecule has 0 bridgehead atoms. The van der Waals surface area contributed by atoms with Crippen LogP contribution in [0.5, 0.6) is 0 Å². The third-order valence-corrected chi connectivity index (χ3v) is 5.51. The summed E-state index contributed by atoms with van der Waals surface area (Å²) in [4.78, 5) is 18.8. The molecule has 2 heterocycles. The fourth-order valence-electron chi connectivity index (χ4n) is 3.66. The minimum absolute atomic E-state index is 0.401. The molecule has 1 amide bonds. The average Bonchev–Trinajstić information content (AvgIpc) is 3.00. The average molecular weight is 404 g/mol. The highest BCUT2D eigenvalue weighted by molar-refractivity contribution is 6.31. The molecule has 27 heavy (non-hydrogen) atoms. The second kappa shape index (κ2) is 7.43. The molecule has 0 fully saturated rings. The Hall–Kier alpha value is -2.21. The van der Waals surface area contributed by atoms with E-state index in [1.165, 1.54) is 21.5 Å². The van der Waals surface area contributed by atoms with Gasteiger partial charge >= 0.3 is 6.09 Å². The number of anilines is 1. The summed E-state index contributed by atoms with van der Waals surface area (Å²) in [7, 11) is 0. The van der Waals surface area contributed by atoms with E-state index in [1.807, 2.05) is 18.2 Å². The lowest BCUT2D eigenvalue weighted by Gasteiger charge is -2.29. The van der Waals surface area contributed by atoms with Gasteiger partial charge in [-0.3, -0.25) is 9.80 Å². The molecule has 3 aromatic rings. The van der Waals surface area contributed by atoms with Crippen LogP contribution in [0.2, 0.25) is 10.0 Å². The lowest BCUT2D eigenvalue weighted by atomic mass is 10.0. The first-order chi connectivity index (χ1) is 13.0. The summed E-state index contributed by atoms with van der Waals surface area (Å²) in [6.45, 7) is 2.72. The van der Waals surface area contributed by atoms with Crippen molar-refractivity contribution in [3.05, 3.63) is 63.8 Å². The van der Waals surface area contributed by atoms with Crippen molar-refractivity contribution in [2.24, 2.45) is 0 Å². The van der Waals surface area contributed by atoms with Crippen LogP contribution < -0.4 is 4.90 Å². The quantitative estimate of drug-likeness (QED) is 0.642. The van der Waals surface area contributed by atoms with Crippen molar-refractivity contribution in [3.63, 3.8) is 0 Å². The number of hydrogen-bond donors (Lipinski definition) is 2. The number of nitrogens with zero attached hydrogens (tertiary/aromatic N) is 2. The van der Waals surface area contributed by atoms with Crippen LogP contribution in [0.15, 0.2) is 42.5 Å². The van der Waals surface area contributed by atoms with Gasteiger partial charge in [0.05, 0.1) is 0 Å². The van der Waals surface area contributed by atoms with Gasteiger partial charge in [0.15, 0.2) is 0 Å². The van der Waals surface area contributed by atoms with Crippen molar-refractivity contribution in [1.82, 2.24) is 9.88 Å². The molecule has 0 saturated heterocycles. The van der Waals surface area contributed by atoms with E-state index in [-0.39, 0.29) is 0 Å². The van der Waals surface area contributed by atoms with Crippen molar-refractivity contribution in [2.75, 3.05) is 24.5 Å². The van der Waals surface area contributed by atoms with Gasteiger partial charge in [-0.05, 0) is 54.4 Å². The highest BCUT2D eigenvalue weighted by Crippen LogP contribution is 2.29. The number of aromatic amines is 1. The Bertz CT molecular complexity index is 985. The topological polar surface area (TPSA) is 59.6 Å². The summed E-state index contributed by atoms with van der Waals surface area (Å²) in [6, 6.07) is 12.8. The van der Waals surface area contributed by atoms with E-state index in [0.29, 0.717) is 23.8 Å². The van der Waals surface area contributed by atoms with Crippen molar-refractivity contribution in [2.45, 2.75) is 13.0 Å². The van der Waals surface area contributed by atoms with Crippen LogP contribution in [0.25, 0.3) is 10.9 Å². The van der Waals surface area contributed by atoms with Crippen LogP contribution in [0.4, 0.5) is 10.5 Å². The number of H-pyrrole nitrogens is 1. The second-order valence-electron chi connectivity index (χ2n) is 6.71. The largest absolute Gasteiger partial charge is 0.465 e. The van der Waals surface area contributed by atoms with Gasteiger partial charge in [-0.2, -0.15) is 0 Å². The molecule has 1 aliphatic heterocycles. The first kappa shape index (κ1) is 18.2. The number of nitrogens with one attached hydrogen (secondary N) is 1. The van der Waals surface area contributed by atoms with Crippen LogP contribution in [0, 0.1) is 0 Å². The summed E-state index contributed by atoms with van der Waals surface area (Å²) >= 11 is 12.0. The van der Waals surface area contributed by atoms with Crippen LogP contribution in [-0.2, 0) is 13.0 Å². The Balaban J connectivity index is 1.47. The van der Waals surface area contributed by atoms with Crippen molar-refractivity contribution < 1.29 is 9.90 Å². The van der Waals surface area contributed by atoms with Crippen LogP contribution in [-0.4, -0.2) is 40.7 Å². The van der Waals surface area contributed by atoms with Gasteiger partial charge in [0.1, 0.15) is 0 Å². The lowest BCUT2D eigenvalue weighted by molar-refractivity contribution is 0.198. The number of carbonyl (C=O) groups is 1. The number of aromatic nitrogens is 1. The summed E-state index contributed by atoms with van der Waals surface area (Å²) < 4.78 is 0. The zero-order valence-corrected chi connectivity index (χ0v) is 16.1. The summed E-state index contributed by atoms with van der Waals surface area (Å²) in [6.07, 6.45) is -0.0424. The molecule has 0 aliphatic carbocycles. The Labute approximate surface area is 167 Å². The van der Waals surface area contributed by atoms with Gasteiger partial charge in [-0.25, -0.2) is 4.79 Å². The van der Waals surface area contributed by atoms with Gasteiger partial charge in [-0.1, -0.05) is 23.2 Å². The van der Waals surface area contributed by atoms with E-state index in [4.69, 9.17) is 23.2 Å². The Morgan fingerprint density at radius 3 is 2.63 bits per heavy atom. The smallest absolute Gasteiger partial charge is 0.411 e. The Morgan fingerprint density at radius 2 is 1.89 bits per heavy atom. The highest BCUT2D eigenvalue weighted by atomic mass is 35.5. The SMILES string of the molecule is O=C(O)N(CCN1CCc2c([nH]c3ccc(Cl)cc23)C1)c1ccc(Cl)cc1.